The van der Waals surface area contributed by atoms with Crippen molar-refractivity contribution in [2.75, 3.05) is 43.9 Å². The van der Waals surface area contributed by atoms with Gasteiger partial charge in [0.1, 0.15) is 29.0 Å². The summed E-state index contributed by atoms with van der Waals surface area (Å²) >= 11 is 0. The summed E-state index contributed by atoms with van der Waals surface area (Å²) in [7, 11) is 2.18. The first kappa shape index (κ1) is 29.3. The average Bonchev–Trinajstić information content (AvgIpc) is 2.92. The van der Waals surface area contributed by atoms with Gasteiger partial charge in [-0.3, -0.25) is 15.1 Å². The smallest absolute Gasteiger partial charge is 0.256 e. The summed E-state index contributed by atoms with van der Waals surface area (Å²) in [4.78, 5) is 35.8. The van der Waals surface area contributed by atoms with Gasteiger partial charge in [0.05, 0.1) is 6.20 Å². The number of rotatable bonds is 7. The van der Waals surface area contributed by atoms with Gasteiger partial charge >= 0.3 is 0 Å². The second-order valence-electron chi connectivity index (χ2n) is 12.3. The molecule has 0 spiro atoms. The van der Waals surface area contributed by atoms with E-state index in [0.717, 1.165) is 44.6 Å². The lowest BCUT2D eigenvalue weighted by Crippen LogP contribution is -2.55. The number of aliphatic hydroxyl groups is 1. The number of amidine groups is 1. The van der Waals surface area contributed by atoms with Crippen molar-refractivity contribution < 1.29 is 9.90 Å². The molecular weight excluding hydrogens is 532 g/mol. The van der Waals surface area contributed by atoms with E-state index in [1.807, 2.05) is 33.8 Å². The molecule has 2 aliphatic rings. The Bertz CT molecular complexity index is 1500. The molecule has 0 unspecified atom stereocenters. The Balaban J connectivity index is 1.27. The fourth-order valence-corrected chi connectivity index (χ4v) is 5.00. The minimum atomic E-state index is -0.526. The number of fused-ring (bicyclic) bond motifs is 1. The summed E-state index contributed by atoms with van der Waals surface area (Å²) in [5.74, 6) is 0.399. The molecule has 0 radical (unpaired) electrons. The highest BCUT2D eigenvalue weighted by atomic mass is 16.3. The zero-order valence-electron chi connectivity index (χ0n) is 24.9. The predicted octanol–water partition coefficient (Wildman–Crippen LogP) is 3.86. The van der Waals surface area contributed by atoms with Crippen molar-refractivity contribution in [1.29, 1.82) is 5.41 Å². The minimum absolute atomic E-state index is 0.0118. The van der Waals surface area contributed by atoms with Gasteiger partial charge in [0.15, 0.2) is 5.82 Å². The Labute approximate surface area is 246 Å². The van der Waals surface area contributed by atoms with Crippen LogP contribution in [0.5, 0.6) is 0 Å². The molecule has 12 nitrogen and oxygen atoms in total. The summed E-state index contributed by atoms with van der Waals surface area (Å²) in [6.45, 7) is 11.9. The van der Waals surface area contributed by atoms with E-state index in [-0.39, 0.29) is 11.6 Å². The van der Waals surface area contributed by atoms with Crippen LogP contribution in [-0.2, 0) is 0 Å². The maximum absolute atomic E-state index is 12.9. The van der Waals surface area contributed by atoms with Crippen molar-refractivity contribution in [1.82, 2.24) is 35.1 Å². The van der Waals surface area contributed by atoms with Crippen molar-refractivity contribution in [2.24, 2.45) is 5.41 Å². The second kappa shape index (κ2) is 12.0. The molecular formula is C30H40N10O2. The Kier molecular flexibility index (Phi) is 8.37. The molecule has 222 valence electrons. The summed E-state index contributed by atoms with van der Waals surface area (Å²) in [5, 5.41) is 27.5. The van der Waals surface area contributed by atoms with E-state index in [4.69, 9.17) is 10.4 Å². The zero-order chi connectivity index (χ0) is 30.0. The molecule has 1 saturated heterocycles. The number of allylic oxidation sites excluding steroid dienone is 1. The number of hydrogen-bond acceptors (Lipinski definition) is 11. The molecule has 2 fully saturated rings. The number of nitrogens with zero attached hydrogens (tertiary/aromatic N) is 6. The van der Waals surface area contributed by atoms with Crippen LogP contribution in [0.4, 0.5) is 17.5 Å². The van der Waals surface area contributed by atoms with Crippen LogP contribution in [0.15, 0.2) is 42.6 Å². The summed E-state index contributed by atoms with van der Waals surface area (Å²) < 4.78 is 0. The lowest BCUT2D eigenvalue weighted by Gasteiger charge is -2.46. The summed E-state index contributed by atoms with van der Waals surface area (Å²) in [6.07, 6.45) is 6.53. The molecule has 5 N–H and O–H groups in total. The van der Waals surface area contributed by atoms with Crippen LogP contribution in [0, 0.1) is 17.7 Å². The van der Waals surface area contributed by atoms with Crippen molar-refractivity contribution in [2.45, 2.75) is 52.6 Å². The highest BCUT2D eigenvalue weighted by Gasteiger charge is 2.35. The third-order valence-electron chi connectivity index (χ3n) is 7.93. The lowest BCUT2D eigenvalue weighted by molar-refractivity contribution is 0.0656. The summed E-state index contributed by atoms with van der Waals surface area (Å²) in [6, 6.07) is 6.14. The SMILES string of the molecule is Cc1ccc(C(=O)NC(=N)/C=C(\O)C(C)(C)C)cc1Nc1ncnc2cnc(NC3CC(N4CCN(C)CC4)C3)nc12. The molecule has 1 saturated carbocycles. The van der Waals surface area contributed by atoms with Crippen molar-refractivity contribution >= 4 is 40.2 Å². The number of anilines is 3. The standard InChI is InChI=1S/C30H40N10O2/c1-18-6-7-19(28(42)37-25(31)15-24(41)30(2,3)4)12-22(18)36-27-26-23(33-17-34-27)16-32-29(38-26)35-20-13-21(14-20)40-10-8-39(5)9-11-40/h6-7,12,15-17,20-21,41H,8-11,13-14H2,1-5H3,(H2,31,37,42)(H,32,35,38)(H,33,34,36)/b24-15-. The molecule has 5 rings (SSSR count). The number of carbonyl (C=O) groups excluding carboxylic acids is 1. The van der Waals surface area contributed by atoms with E-state index in [1.54, 1.807) is 18.3 Å². The van der Waals surface area contributed by atoms with Gasteiger partial charge in [0.2, 0.25) is 5.95 Å². The van der Waals surface area contributed by atoms with E-state index in [2.05, 4.69) is 47.7 Å². The number of aromatic nitrogens is 4. The third kappa shape index (κ3) is 6.82. The molecule has 1 aliphatic carbocycles. The van der Waals surface area contributed by atoms with Gasteiger partial charge in [-0.05, 0) is 44.5 Å². The highest BCUT2D eigenvalue weighted by molar-refractivity contribution is 6.09. The van der Waals surface area contributed by atoms with E-state index in [0.29, 0.717) is 46.1 Å². The van der Waals surface area contributed by atoms with Crippen LogP contribution in [0.2, 0.25) is 0 Å². The number of aryl methyl sites for hydroxylation is 1. The van der Waals surface area contributed by atoms with Crippen LogP contribution in [0.1, 0.15) is 49.5 Å². The van der Waals surface area contributed by atoms with E-state index >= 15 is 0 Å². The molecule has 1 amide bonds. The molecule has 42 heavy (non-hydrogen) atoms. The van der Waals surface area contributed by atoms with Crippen LogP contribution in [0.3, 0.4) is 0 Å². The average molecular weight is 573 g/mol. The third-order valence-corrected chi connectivity index (χ3v) is 7.93. The topological polar surface area (TPSA) is 155 Å². The fourth-order valence-electron chi connectivity index (χ4n) is 5.00. The number of amides is 1. The molecule has 1 aliphatic heterocycles. The Morgan fingerprint density at radius 2 is 1.86 bits per heavy atom. The highest BCUT2D eigenvalue weighted by Crippen LogP contribution is 2.30. The van der Waals surface area contributed by atoms with Gasteiger partial charge in [-0.15, -0.1) is 0 Å². The van der Waals surface area contributed by atoms with Crippen molar-refractivity contribution in [3.05, 3.63) is 53.7 Å². The Morgan fingerprint density at radius 1 is 1.12 bits per heavy atom. The molecule has 0 bridgehead atoms. The van der Waals surface area contributed by atoms with Gasteiger partial charge in [-0.2, -0.15) is 0 Å². The van der Waals surface area contributed by atoms with Crippen LogP contribution in [-0.4, -0.2) is 91.9 Å². The molecule has 2 aromatic heterocycles. The normalized spacial score (nSPS) is 20.2. The number of benzene rings is 1. The van der Waals surface area contributed by atoms with Crippen molar-refractivity contribution in [3.8, 4) is 0 Å². The van der Waals surface area contributed by atoms with Crippen molar-refractivity contribution in [3.63, 3.8) is 0 Å². The van der Waals surface area contributed by atoms with Gasteiger partial charge in [-0.1, -0.05) is 26.8 Å². The predicted molar refractivity (Wildman–Crippen MR) is 164 cm³/mol. The maximum Gasteiger partial charge on any atom is 0.256 e. The Morgan fingerprint density at radius 3 is 2.57 bits per heavy atom. The number of aliphatic hydroxyl groups excluding tert-OH is 1. The maximum atomic E-state index is 12.9. The number of nitrogens with one attached hydrogen (secondary N) is 4. The first-order chi connectivity index (χ1) is 20.0. The largest absolute Gasteiger partial charge is 0.512 e. The van der Waals surface area contributed by atoms with E-state index in [1.165, 1.54) is 12.4 Å². The molecule has 1 aromatic carbocycles. The second-order valence-corrected chi connectivity index (χ2v) is 12.3. The van der Waals surface area contributed by atoms with Gasteiger partial charge in [0, 0.05) is 61.0 Å². The van der Waals surface area contributed by atoms with E-state index in [9.17, 15) is 9.90 Å². The van der Waals surface area contributed by atoms with E-state index < -0.39 is 11.3 Å². The molecule has 12 heteroatoms. The van der Waals surface area contributed by atoms with Gasteiger partial charge < -0.3 is 26.0 Å². The summed E-state index contributed by atoms with van der Waals surface area (Å²) in [5.41, 5.74) is 2.57. The molecule has 3 aromatic rings. The van der Waals surface area contributed by atoms with Crippen LogP contribution < -0.4 is 16.0 Å². The number of hydrogen-bond donors (Lipinski definition) is 5. The quantitative estimate of drug-likeness (QED) is 0.160. The first-order valence-electron chi connectivity index (χ1n) is 14.3. The first-order valence-corrected chi connectivity index (χ1v) is 14.3. The number of piperazine rings is 1. The zero-order valence-corrected chi connectivity index (χ0v) is 24.9. The lowest BCUT2D eigenvalue weighted by atomic mass is 9.85. The number of carbonyl (C=O) groups is 1. The van der Waals surface area contributed by atoms with Crippen LogP contribution >= 0.6 is 0 Å². The molecule has 3 heterocycles. The Hall–Kier alpha value is -4.16. The minimum Gasteiger partial charge on any atom is -0.512 e. The van der Waals surface area contributed by atoms with Crippen LogP contribution in [0.25, 0.3) is 11.0 Å². The van der Waals surface area contributed by atoms with Gasteiger partial charge in [0.25, 0.3) is 5.91 Å². The molecule has 0 atom stereocenters. The number of likely N-dealkylation sites (N-methyl/N-ethyl adjacent to an activating group) is 1. The fraction of sp³-hybridized carbons (Fsp3) is 0.467. The van der Waals surface area contributed by atoms with Gasteiger partial charge in [-0.25, -0.2) is 19.9 Å². The monoisotopic (exact) mass is 572 g/mol.